The summed E-state index contributed by atoms with van der Waals surface area (Å²) >= 11 is 0. The molecule has 0 spiro atoms. The van der Waals surface area contributed by atoms with Crippen LogP contribution in [0.3, 0.4) is 0 Å². The van der Waals surface area contributed by atoms with Crippen molar-refractivity contribution in [3.05, 3.63) is 18.1 Å². The highest BCUT2D eigenvalue weighted by molar-refractivity contribution is 5.62. The number of nitriles is 1. The molecule has 2 rings (SSSR count). The average molecular weight is 201 g/mol. The number of nitrogens with zero attached hydrogens (tertiary/aromatic N) is 5. The molecule has 0 saturated carbocycles. The van der Waals surface area contributed by atoms with Gasteiger partial charge in [0.25, 0.3) is 0 Å². The molecule has 0 unspecified atom stereocenters. The van der Waals surface area contributed by atoms with Crippen LogP contribution in [0.15, 0.2) is 17.5 Å². The van der Waals surface area contributed by atoms with Crippen molar-refractivity contribution in [1.82, 2.24) is 14.9 Å². The van der Waals surface area contributed by atoms with Crippen molar-refractivity contribution in [3.63, 3.8) is 0 Å². The van der Waals surface area contributed by atoms with E-state index in [4.69, 9.17) is 5.26 Å². The van der Waals surface area contributed by atoms with E-state index in [1.54, 1.807) is 6.34 Å². The molecular formula is C10H11N5. The first-order chi connectivity index (χ1) is 7.40. The number of rotatable bonds is 2. The van der Waals surface area contributed by atoms with E-state index in [1.165, 1.54) is 25.4 Å². The van der Waals surface area contributed by atoms with Crippen LogP contribution in [0.2, 0.25) is 0 Å². The summed E-state index contributed by atoms with van der Waals surface area (Å²) in [6, 6.07) is 2.01. The van der Waals surface area contributed by atoms with Crippen LogP contribution >= 0.6 is 0 Å². The minimum Gasteiger partial charge on any atom is -0.363 e. The summed E-state index contributed by atoms with van der Waals surface area (Å²) < 4.78 is 0. The molecule has 1 aliphatic heterocycles. The fourth-order valence-electron chi connectivity index (χ4n) is 1.50. The second kappa shape index (κ2) is 4.51. The van der Waals surface area contributed by atoms with Crippen LogP contribution in [0.1, 0.15) is 18.4 Å². The molecule has 0 aromatic carbocycles. The summed E-state index contributed by atoms with van der Waals surface area (Å²) in [5, 5.41) is 8.79. The number of likely N-dealkylation sites (tertiary alicyclic amines) is 1. The van der Waals surface area contributed by atoms with E-state index in [-0.39, 0.29) is 0 Å². The van der Waals surface area contributed by atoms with E-state index in [0.717, 1.165) is 13.1 Å². The maximum atomic E-state index is 8.79. The van der Waals surface area contributed by atoms with Crippen molar-refractivity contribution in [2.45, 2.75) is 12.8 Å². The predicted octanol–water partition coefficient (Wildman–Crippen LogP) is 1.10. The van der Waals surface area contributed by atoms with Crippen molar-refractivity contribution in [2.24, 2.45) is 4.99 Å². The molecular weight excluding hydrogens is 190 g/mol. The van der Waals surface area contributed by atoms with E-state index in [2.05, 4.69) is 19.9 Å². The van der Waals surface area contributed by atoms with Gasteiger partial charge in [-0.1, -0.05) is 0 Å². The summed E-state index contributed by atoms with van der Waals surface area (Å²) in [5.41, 5.74) is 0.410. The Morgan fingerprint density at radius 3 is 3.00 bits per heavy atom. The van der Waals surface area contributed by atoms with E-state index in [0.29, 0.717) is 11.4 Å². The van der Waals surface area contributed by atoms with Crippen LogP contribution in [0.4, 0.5) is 5.82 Å². The minimum atomic E-state index is 0.410. The van der Waals surface area contributed by atoms with Crippen LogP contribution in [-0.4, -0.2) is 34.3 Å². The number of hydrogen-bond donors (Lipinski definition) is 0. The highest BCUT2D eigenvalue weighted by atomic mass is 15.2. The Kier molecular flexibility index (Phi) is 2.88. The molecule has 15 heavy (non-hydrogen) atoms. The highest BCUT2D eigenvalue weighted by Crippen LogP contribution is 2.12. The molecule has 1 aliphatic rings. The Hall–Kier alpha value is -1.96. The summed E-state index contributed by atoms with van der Waals surface area (Å²) in [7, 11) is 0. The van der Waals surface area contributed by atoms with Gasteiger partial charge in [-0.3, -0.25) is 0 Å². The van der Waals surface area contributed by atoms with Crippen LogP contribution in [-0.2, 0) is 0 Å². The second-order valence-corrected chi connectivity index (χ2v) is 3.36. The van der Waals surface area contributed by atoms with Crippen molar-refractivity contribution < 1.29 is 0 Å². The lowest BCUT2D eigenvalue weighted by atomic mass is 10.3. The van der Waals surface area contributed by atoms with Gasteiger partial charge in [-0.25, -0.2) is 15.0 Å². The van der Waals surface area contributed by atoms with Gasteiger partial charge in [0.05, 0.1) is 12.5 Å². The Balaban J connectivity index is 2.13. The fraction of sp³-hybridized carbons (Fsp3) is 0.400. The van der Waals surface area contributed by atoms with Crippen LogP contribution in [0.5, 0.6) is 0 Å². The quantitative estimate of drug-likeness (QED) is 0.531. The normalized spacial score (nSPS) is 15.8. The summed E-state index contributed by atoms with van der Waals surface area (Å²) in [6.07, 6.45) is 7.05. The molecule has 0 atom stereocenters. The van der Waals surface area contributed by atoms with Crippen LogP contribution in [0.25, 0.3) is 0 Å². The SMILES string of the molecule is N#Cc1cncnc1N=CN1CCCC1. The summed E-state index contributed by atoms with van der Waals surface area (Å²) in [4.78, 5) is 14.0. The maximum absolute atomic E-state index is 8.79. The standard InChI is InChI=1S/C10H11N5/c11-5-9-6-12-7-13-10(9)14-8-15-3-1-2-4-15/h6-8H,1-4H2. The van der Waals surface area contributed by atoms with E-state index in [9.17, 15) is 0 Å². The third-order valence-corrected chi connectivity index (χ3v) is 2.30. The van der Waals surface area contributed by atoms with E-state index in [1.807, 2.05) is 6.07 Å². The van der Waals surface area contributed by atoms with Crippen molar-refractivity contribution >= 4 is 12.2 Å². The lowest BCUT2D eigenvalue weighted by molar-refractivity contribution is 0.535. The zero-order valence-corrected chi connectivity index (χ0v) is 8.30. The first-order valence-electron chi connectivity index (χ1n) is 4.88. The minimum absolute atomic E-state index is 0.410. The van der Waals surface area contributed by atoms with Gasteiger partial charge >= 0.3 is 0 Å². The predicted molar refractivity (Wildman–Crippen MR) is 55.7 cm³/mol. The molecule has 76 valence electrons. The first-order valence-corrected chi connectivity index (χ1v) is 4.88. The van der Waals surface area contributed by atoms with Crippen molar-refractivity contribution in [2.75, 3.05) is 13.1 Å². The molecule has 1 fully saturated rings. The maximum Gasteiger partial charge on any atom is 0.174 e. The first kappa shape index (κ1) is 9.59. The monoisotopic (exact) mass is 201 g/mol. The molecule has 0 aliphatic carbocycles. The molecule has 1 aromatic heterocycles. The average Bonchev–Trinajstić information content (AvgIpc) is 2.79. The van der Waals surface area contributed by atoms with Gasteiger partial charge in [-0.05, 0) is 12.8 Å². The number of aliphatic imine (C=N–C) groups is 1. The number of hydrogen-bond acceptors (Lipinski definition) is 4. The van der Waals surface area contributed by atoms with Gasteiger partial charge in [0.1, 0.15) is 18.0 Å². The number of aromatic nitrogens is 2. The molecule has 0 N–H and O–H groups in total. The molecule has 0 amide bonds. The Morgan fingerprint density at radius 1 is 1.47 bits per heavy atom. The zero-order chi connectivity index (χ0) is 10.5. The zero-order valence-electron chi connectivity index (χ0n) is 8.30. The van der Waals surface area contributed by atoms with Gasteiger partial charge in [-0.2, -0.15) is 5.26 Å². The van der Waals surface area contributed by atoms with Crippen molar-refractivity contribution in [1.29, 1.82) is 5.26 Å². The smallest absolute Gasteiger partial charge is 0.174 e. The topological polar surface area (TPSA) is 65.2 Å². The molecule has 5 nitrogen and oxygen atoms in total. The van der Waals surface area contributed by atoms with Crippen LogP contribution in [0, 0.1) is 11.3 Å². The third-order valence-electron chi connectivity index (χ3n) is 2.30. The molecule has 0 bridgehead atoms. The lowest BCUT2D eigenvalue weighted by Crippen LogP contribution is -2.16. The molecule has 5 heteroatoms. The second-order valence-electron chi connectivity index (χ2n) is 3.36. The van der Waals surface area contributed by atoms with E-state index < -0.39 is 0 Å². The molecule has 1 aromatic rings. The van der Waals surface area contributed by atoms with Crippen molar-refractivity contribution in [3.8, 4) is 6.07 Å². The van der Waals surface area contributed by atoms with Gasteiger partial charge in [0.15, 0.2) is 5.82 Å². The van der Waals surface area contributed by atoms with Gasteiger partial charge < -0.3 is 4.90 Å². The Labute approximate surface area is 88.1 Å². The highest BCUT2D eigenvalue weighted by Gasteiger charge is 2.07. The molecule has 0 radical (unpaired) electrons. The fourth-order valence-corrected chi connectivity index (χ4v) is 1.50. The molecule has 1 saturated heterocycles. The van der Waals surface area contributed by atoms with Gasteiger partial charge in [0, 0.05) is 13.1 Å². The van der Waals surface area contributed by atoms with E-state index >= 15 is 0 Å². The summed E-state index contributed by atoms with van der Waals surface area (Å²) in [6.45, 7) is 2.08. The Morgan fingerprint density at radius 2 is 2.27 bits per heavy atom. The largest absolute Gasteiger partial charge is 0.363 e. The third kappa shape index (κ3) is 2.29. The lowest BCUT2D eigenvalue weighted by Gasteiger charge is -2.08. The Bertz CT molecular complexity index is 401. The van der Waals surface area contributed by atoms with Crippen LogP contribution < -0.4 is 0 Å². The van der Waals surface area contributed by atoms with Gasteiger partial charge in [-0.15, -0.1) is 0 Å². The van der Waals surface area contributed by atoms with Gasteiger partial charge in [0.2, 0.25) is 0 Å². The summed E-state index contributed by atoms with van der Waals surface area (Å²) in [5.74, 6) is 0.444. The molecule has 2 heterocycles.